The van der Waals surface area contributed by atoms with Gasteiger partial charge in [-0.2, -0.15) is 31.6 Å². The van der Waals surface area contributed by atoms with Crippen LogP contribution in [0.3, 0.4) is 0 Å². The van der Waals surface area contributed by atoms with E-state index in [1.54, 1.807) is 4.90 Å². The highest BCUT2D eigenvalue weighted by Crippen LogP contribution is 2.47. The Hall–Kier alpha value is -3.06. The summed E-state index contributed by atoms with van der Waals surface area (Å²) < 4.78 is 86.2. The minimum Gasteiger partial charge on any atom is -0.373 e. The molecule has 0 aromatic heterocycles. The maximum Gasteiger partial charge on any atom is 0.416 e. The Morgan fingerprint density at radius 2 is 1.55 bits per heavy atom. The Labute approximate surface area is 217 Å². The number of nitrogens with zero attached hydrogens (tertiary/aromatic N) is 2. The van der Waals surface area contributed by atoms with E-state index in [-0.39, 0.29) is 24.1 Å². The number of carbonyl (C=O) groups is 1. The molecule has 2 aliphatic rings. The highest BCUT2D eigenvalue weighted by Gasteiger charge is 2.49. The van der Waals surface area contributed by atoms with E-state index in [2.05, 4.69) is 6.07 Å². The lowest BCUT2D eigenvalue weighted by atomic mass is 9.64. The van der Waals surface area contributed by atoms with Gasteiger partial charge in [-0.3, -0.25) is 4.79 Å². The lowest BCUT2D eigenvalue weighted by Crippen LogP contribution is -2.53. The first-order valence-electron chi connectivity index (χ1n) is 12.5. The molecule has 0 spiro atoms. The van der Waals surface area contributed by atoms with Crippen LogP contribution in [-0.4, -0.2) is 29.5 Å². The summed E-state index contributed by atoms with van der Waals surface area (Å²) in [6.07, 6.45) is -8.12. The topological polar surface area (TPSA) is 53.3 Å². The van der Waals surface area contributed by atoms with Gasteiger partial charge >= 0.3 is 12.4 Å². The molecule has 10 heteroatoms. The monoisotopic (exact) mass is 538 g/mol. The van der Waals surface area contributed by atoms with Crippen LogP contribution in [0.5, 0.6) is 0 Å². The molecule has 1 amide bonds. The number of likely N-dealkylation sites (tertiary alicyclic amines) is 1. The van der Waals surface area contributed by atoms with Crippen molar-refractivity contribution >= 4 is 5.91 Å². The normalized spacial score (nSPS) is 25.3. The Bertz CT molecular complexity index is 1160. The minimum atomic E-state index is -4.95. The fourth-order valence-electron chi connectivity index (χ4n) is 5.59. The molecular weight excluding hydrogens is 510 g/mol. The van der Waals surface area contributed by atoms with Crippen LogP contribution in [0.15, 0.2) is 48.5 Å². The zero-order chi connectivity index (χ0) is 27.8. The standard InChI is InChI=1S/C28H28F6N2O2/c1-19(20-14-22(27(29,30)31)16-23(15-20)28(32,33)34)38-18-25(21-6-3-2-4-7-21)9-11-26(17-35,12-10-25)36-13-5-8-24(36)37/h2-4,6-7,14-16,19H,5,8-13,18H2,1H3/t19-,25-,26+/m1/s1. The van der Waals surface area contributed by atoms with E-state index >= 15 is 0 Å². The van der Waals surface area contributed by atoms with E-state index in [0.717, 1.165) is 5.56 Å². The van der Waals surface area contributed by atoms with Crippen molar-refractivity contribution in [2.45, 2.75) is 74.9 Å². The quantitative estimate of drug-likeness (QED) is 0.366. The van der Waals surface area contributed by atoms with Crippen LogP contribution in [0, 0.1) is 11.3 Å². The molecule has 2 aromatic rings. The summed E-state index contributed by atoms with van der Waals surface area (Å²) in [5.41, 5.74) is -3.64. The van der Waals surface area contributed by atoms with Crippen LogP contribution in [-0.2, 0) is 27.3 Å². The predicted molar refractivity (Wildman–Crippen MR) is 127 cm³/mol. The van der Waals surface area contributed by atoms with Gasteiger partial charge in [-0.25, -0.2) is 0 Å². The van der Waals surface area contributed by atoms with E-state index in [4.69, 9.17) is 4.74 Å². The van der Waals surface area contributed by atoms with Crippen molar-refractivity contribution in [3.8, 4) is 6.07 Å². The maximum absolute atomic E-state index is 13.4. The van der Waals surface area contributed by atoms with Gasteiger partial charge in [-0.05, 0) is 68.4 Å². The summed E-state index contributed by atoms with van der Waals surface area (Å²) in [5, 5.41) is 10.1. The summed E-state index contributed by atoms with van der Waals surface area (Å²) in [4.78, 5) is 14.1. The van der Waals surface area contributed by atoms with Crippen molar-refractivity contribution in [2.75, 3.05) is 13.2 Å². The van der Waals surface area contributed by atoms with E-state index in [9.17, 15) is 36.4 Å². The van der Waals surface area contributed by atoms with Crippen molar-refractivity contribution in [2.24, 2.45) is 0 Å². The largest absolute Gasteiger partial charge is 0.416 e. The van der Waals surface area contributed by atoms with Crippen molar-refractivity contribution in [1.82, 2.24) is 4.90 Å². The molecule has 1 saturated heterocycles. The number of carbonyl (C=O) groups excluding carboxylic acids is 1. The average Bonchev–Trinajstić information content (AvgIpc) is 3.33. The number of alkyl halides is 6. The third kappa shape index (κ3) is 5.53. The number of hydrogen-bond donors (Lipinski definition) is 0. The summed E-state index contributed by atoms with van der Waals surface area (Å²) in [5.74, 6) is -0.0475. The molecule has 1 saturated carbocycles. The Kier molecular flexibility index (Phi) is 7.54. The molecule has 1 aliphatic heterocycles. The van der Waals surface area contributed by atoms with E-state index in [1.807, 2.05) is 30.3 Å². The molecule has 1 atom stereocenters. The van der Waals surface area contributed by atoms with Gasteiger partial charge in [0.2, 0.25) is 5.91 Å². The minimum absolute atomic E-state index is 0.0330. The Morgan fingerprint density at radius 1 is 0.974 bits per heavy atom. The highest BCUT2D eigenvalue weighted by atomic mass is 19.4. The zero-order valence-electron chi connectivity index (χ0n) is 20.8. The van der Waals surface area contributed by atoms with Gasteiger partial charge in [0.05, 0.1) is 29.9 Å². The first kappa shape index (κ1) is 28.0. The summed E-state index contributed by atoms with van der Waals surface area (Å²) >= 11 is 0. The molecular formula is C28H28F6N2O2. The van der Waals surface area contributed by atoms with E-state index < -0.39 is 40.5 Å². The van der Waals surface area contributed by atoms with Gasteiger partial charge in [0.25, 0.3) is 0 Å². The van der Waals surface area contributed by atoms with Gasteiger partial charge in [0.1, 0.15) is 5.54 Å². The van der Waals surface area contributed by atoms with Gasteiger partial charge < -0.3 is 9.64 Å². The molecule has 2 aromatic carbocycles. The van der Waals surface area contributed by atoms with Crippen LogP contribution in [0.25, 0.3) is 0 Å². The second kappa shape index (κ2) is 10.3. The highest BCUT2D eigenvalue weighted by molar-refractivity contribution is 5.79. The van der Waals surface area contributed by atoms with Gasteiger partial charge in [-0.1, -0.05) is 30.3 Å². The summed E-state index contributed by atoms with van der Waals surface area (Å²) in [6, 6.07) is 13.2. The molecule has 38 heavy (non-hydrogen) atoms. The molecule has 4 rings (SSSR count). The molecule has 0 unspecified atom stereocenters. The molecule has 204 valence electrons. The summed E-state index contributed by atoms with van der Waals surface area (Å²) in [6.45, 7) is 1.99. The Morgan fingerprint density at radius 3 is 2.03 bits per heavy atom. The fraction of sp³-hybridized carbons (Fsp3) is 0.500. The van der Waals surface area contributed by atoms with Crippen molar-refractivity contribution < 1.29 is 35.9 Å². The number of rotatable bonds is 6. The molecule has 1 aliphatic carbocycles. The van der Waals surface area contributed by atoms with Gasteiger partial charge in [-0.15, -0.1) is 0 Å². The van der Waals surface area contributed by atoms with Crippen molar-refractivity contribution in [3.05, 3.63) is 70.8 Å². The van der Waals surface area contributed by atoms with Crippen LogP contribution in [0.4, 0.5) is 26.3 Å². The third-order valence-corrected chi connectivity index (χ3v) is 7.91. The lowest BCUT2D eigenvalue weighted by molar-refractivity contribution is -0.143. The molecule has 2 fully saturated rings. The van der Waals surface area contributed by atoms with Crippen molar-refractivity contribution in [3.63, 3.8) is 0 Å². The van der Waals surface area contributed by atoms with Gasteiger partial charge in [0.15, 0.2) is 0 Å². The second-order valence-electron chi connectivity index (χ2n) is 10.2. The zero-order valence-corrected chi connectivity index (χ0v) is 20.8. The van der Waals surface area contributed by atoms with Crippen molar-refractivity contribution in [1.29, 1.82) is 5.26 Å². The lowest BCUT2D eigenvalue weighted by Gasteiger charge is -2.47. The van der Waals surface area contributed by atoms with Gasteiger partial charge in [0, 0.05) is 18.4 Å². The average molecular weight is 539 g/mol. The molecule has 4 nitrogen and oxygen atoms in total. The van der Waals surface area contributed by atoms with Crippen LogP contribution >= 0.6 is 0 Å². The van der Waals surface area contributed by atoms with Crippen LogP contribution in [0.1, 0.15) is 73.8 Å². The molecule has 0 radical (unpaired) electrons. The summed E-state index contributed by atoms with van der Waals surface area (Å²) in [7, 11) is 0. The molecule has 0 bridgehead atoms. The number of halogens is 6. The molecule has 0 N–H and O–H groups in total. The maximum atomic E-state index is 13.4. The second-order valence-corrected chi connectivity index (χ2v) is 10.2. The number of hydrogen-bond acceptors (Lipinski definition) is 3. The first-order chi connectivity index (χ1) is 17.8. The van der Waals surface area contributed by atoms with Crippen LogP contribution < -0.4 is 0 Å². The number of amides is 1. The number of nitriles is 1. The smallest absolute Gasteiger partial charge is 0.373 e. The molecule has 1 heterocycles. The third-order valence-electron chi connectivity index (χ3n) is 7.91. The number of ether oxygens (including phenoxy) is 1. The van der Waals surface area contributed by atoms with E-state index in [1.165, 1.54) is 6.92 Å². The van der Waals surface area contributed by atoms with E-state index in [0.29, 0.717) is 57.2 Å². The first-order valence-corrected chi connectivity index (χ1v) is 12.5. The Balaban J connectivity index is 1.60. The fourth-order valence-corrected chi connectivity index (χ4v) is 5.59. The van der Waals surface area contributed by atoms with Crippen LogP contribution in [0.2, 0.25) is 0 Å². The SMILES string of the molecule is C[C@@H](OC[C@]1(c2ccccc2)CC[C@@](C#N)(N2CCCC2=O)CC1)c1cc(C(F)(F)F)cc(C(F)(F)F)c1. The predicted octanol–water partition coefficient (Wildman–Crippen LogP) is 7.20. The number of benzene rings is 2.